The van der Waals surface area contributed by atoms with Gasteiger partial charge in [-0.15, -0.1) is 0 Å². The van der Waals surface area contributed by atoms with Crippen molar-refractivity contribution in [2.45, 2.75) is 51.0 Å². The van der Waals surface area contributed by atoms with Gasteiger partial charge in [-0.05, 0) is 30.5 Å². The van der Waals surface area contributed by atoms with Crippen molar-refractivity contribution in [1.82, 2.24) is 5.32 Å². The molecule has 2 N–H and O–H groups in total. The SMILES string of the molecule is CC1(C)Cc2cccc(CN[C@H]3c4ccccc4C[C@H]3O)c2O1. The Morgan fingerprint density at radius 1 is 1.13 bits per heavy atom. The molecule has 2 atom stereocenters. The molecule has 0 spiro atoms. The predicted molar refractivity (Wildman–Crippen MR) is 90.6 cm³/mol. The summed E-state index contributed by atoms with van der Waals surface area (Å²) in [5.74, 6) is 1.02. The molecule has 23 heavy (non-hydrogen) atoms. The summed E-state index contributed by atoms with van der Waals surface area (Å²) in [6, 6.07) is 14.6. The standard InChI is InChI=1S/C20H23NO2/c1-20(2)11-14-7-5-8-15(19(14)23-20)12-21-18-16-9-4-3-6-13(16)10-17(18)22/h3-9,17-18,21-22H,10-12H2,1-2H3/t17-,18+/m1/s1. The highest BCUT2D eigenvalue weighted by molar-refractivity contribution is 5.46. The van der Waals surface area contributed by atoms with Crippen LogP contribution in [0.2, 0.25) is 0 Å². The fourth-order valence-corrected chi connectivity index (χ4v) is 3.86. The molecule has 3 nitrogen and oxygen atoms in total. The van der Waals surface area contributed by atoms with Crippen molar-refractivity contribution in [2.75, 3.05) is 0 Å². The van der Waals surface area contributed by atoms with E-state index >= 15 is 0 Å². The second-order valence-electron chi connectivity index (χ2n) is 7.27. The van der Waals surface area contributed by atoms with Gasteiger partial charge in [0.2, 0.25) is 0 Å². The zero-order chi connectivity index (χ0) is 16.0. The first-order valence-corrected chi connectivity index (χ1v) is 8.32. The molecule has 0 saturated carbocycles. The van der Waals surface area contributed by atoms with E-state index < -0.39 is 0 Å². The first kappa shape index (κ1) is 14.7. The maximum absolute atomic E-state index is 10.4. The van der Waals surface area contributed by atoms with Crippen molar-refractivity contribution in [3.63, 3.8) is 0 Å². The lowest BCUT2D eigenvalue weighted by atomic mass is 10.0. The second kappa shape index (κ2) is 5.36. The van der Waals surface area contributed by atoms with E-state index in [0.29, 0.717) is 6.54 Å². The van der Waals surface area contributed by atoms with E-state index in [1.54, 1.807) is 0 Å². The minimum Gasteiger partial charge on any atom is -0.487 e. The van der Waals surface area contributed by atoms with Gasteiger partial charge in [-0.25, -0.2) is 0 Å². The van der Waals surface area contributed by atoms with E-state index in [0.717, 1.165) is 18.6 Å². The van der Waals surface area contributed by atoms with Gasteiger partial charge in [0.05, 0.1) is 12.1 Å². The summed E-state index contributed by atoms with van der Waals surface area (Å²) < 4.78 is 6.13. The van der Waals surface area contributed by atoms with Gasteiger partial charge in [0.1, 0.15) is 11.4 Å². The molecule has 0 radical (unpaired) electrons. The average Bonchev–Trinajstić information content (AvgIpc) is 2.99. The van der Waals surface area contributed by atoms with Crippen LogP contribution in [0.5, 0.6) is 5.75 Å². The number of hydrogen-bond acceptors (Lipinski definition) is 3. The molecule has 3 heteroatoms. The molecular formula is C20H23NO2. The average molecular weight is 309 g/mol. The molecule has 0 unspecified atom stereocenters. The fourth-order valence-electron chi connectivity index (χ4n) is 3.86. The molecule has 0 aromatic heterocycles. The van der Waals surface area contributed by atoms with Gasteiger partial charge in [0, 0.05) is 24.9 Å². The smallest absolute Gasteiger partial charge is 0.127 e. The molecule has 1 aliphatic carbocycles. The van der Waals surface area contributed by atoms with Crippen LogP contribution in [0, 0.1) is 0 Å². The highest BCUT2D eigenvalue weighted by atomic mass is 16.5. The van der Waals surface area contributed by atoms with Gasteiger partial charge in [-0.2, -0.15) is 0 Å². The van der Waals surface area contributed by atoms with Gasteiger partial charge in [-0.3, -0.25) is 0 Å². The number of ether oxygens (including phenoxy) is 1. The topological polar surface area (TPSA) is 41.5 Å². The maximum Gasteiger partial charge on any atom is 0.127 e. The van der Waals surface area contributed by atoms with E-state index in [-0.39, 0.29) is 17.7 Å². The van der Waals surface area contributed by atoms with E-state index in [1.807, 2.05) is 12.1 Å². The normalized spacial score (nSPS) is 24.1. The predicted octanol–water partition coefficient (Wildman–Crippen LogP) is 3.15. The van der Waals surface area contributed by atoms with Gasteiger partial charge in [0.15, 0.2) is 0 Å². The van der Waals surface area contributed by atoms with Crippen molar-refractivity contribution in [2.24, 2.45) is 0 Å². The molecule has 120 valence electrons. The Morgan fingerprint density at radius 3 is 2.78 bits per heavy atom. The lowest BCUT2D eigenvalue weighted by molar-refractivity contribution is 0.133. The highest BCUT2D eigenvalue weighted by Crippen LogP contribution is 2.38. The molecule has 0 saturated heterocycles. The quantitative estimate of drug-likeness (QED) is 0.915. The fraction of sp³-hybridized carbons (Fsp3) is 0.400. The number of fused-ring (bicyclic) bond motifs is 2. The highest BCUT2D eigenvalue weighted by Gasteiger charge is 2.33. The molecule has 0 fully saturated rings. The van der Waals surface area contributed by atoms with Gasteiger partial charge >= 0.3 is 0 Å². The summed E-state index contributed by atoms with van der Waals surface area (Å²) in [4.78, 5) is 0. The monoisotopic (exact) mass is 309 g/mol. The Balaban J connectivity index is 1.54. The molecule has 0 amide bonds. The summed E-state index contributed by atoms with van der Waals surface area (Å²) >= 11 is 0. The zero-order valence-corrected chi connectivity index (χ0v) is 13.7. The Kier molecular flexibility index (Phi) is 3.43. The van der Waals surface area contributed by atoms with Crippen molar-refractivity contribution < 1.29 is 9.84 Å². The molecule has 1 aliphatic heterocycles. The Hall–Kier alpha value is -1.84. The number of para-hydroxylation sites is 1. The van der Waals surface area contributed by atoms with Crippen LogP contribution in [0.1, 0.15) is 42.1 Å². The van der Waals surface area contributed by atoms with E-state index in [9.17, 15) is 5.11 Å². The third kappa shape index (κ3) is 2.64. The van der Waals surface area contributed by atoms with Gasteiger partial charge in [0.25, 0.3) is 0 Å². The second-order valence-corrected chi connectivity index (χ2v) is 7.27. The van der Waals surface area contributed by atoms with E-state index in [2.05, 4.69) is 49.5 Å². The van der Waals surface area contributed by atoms with Gasteiger partial charge < -0.3 is 15.2 Å². The lowest BCUT2D eigenvalue weighted by Crippen LogP contribution is -2.29. The van der Waals surface area contributed by atoms with Crippen molar-refractivity contribution >= 4 is 0 Å². The number of aliphatic hydroxyl groups is 1. The molecule has 2 aromatic rings. The summed E-state index contributed by atoms with van der Waals surface area (Å²) in [6.07, 6.45) is 1.32. The van der Waals surface area contributed by atoms with Crippen LogP contribution in [0.25, 0.3) is 0 Å². The van der Waals surface area contributed by atoms with Crippen molar-refractivity contribution in [3.05, 3.63) is 64.7 Å². The Morgan fingerprint density at radius 2 is 1.91 bits per heavy atom. The zero-order valence-electron chi connectivity index (χ0n) is 13.7. The number of benzene rings is 2. The van der Waals surface area contributed by atoms with Crippen molar-refractivity contribution in [1.29, 1.82) is 0 Å². The minimum absolute atomic E-state index is 0.00327. The van der Waals surface area contributed by atoms with Gasteiger partial charge in [-0.1, -0.05) is 42.5 Å². The van der Waals surface area contributed by atoms with E-state index in [1.165, 1.54) is 22.3 Å². The Labute approximate surface area is 137 Å². The van der Waals surface area contributed by atoms with Crippen LogP contribution < -0.4 is 10.1 Å². The van der Waals surface area contributed by atoms with Crippen LogP contribution in [0.3, 0.4) is 0 Å². The summed E-state index contributed by atoms with van der Waals surface area (Å²) in [5, 5.41) is 13.9. The minimum atomic E-state index is -0.360. The maximum atomic E-state index is 10.4. The number of aliphatic hydroxyl groups excluding tert-OH is 1. The lowest BCUT2D eigenvalue weighted by Gasteiger charge is -2.21. The molecule has 0 bridgehead atoms. The molecular weight excluding hydrogens is 286 g/mol. The van der Waals surface area contributed by atoms with Crippen LogP contribution in [0.15, 0.2) is 42.5 Å². The first-order chi connectivity index (χ1) is 11.0. The van der Waals surface area contributed by atoms with Crippen LogP contribution in [-0.2, 0) is 19.4 Å². The van der Waals surface area contributed by atoms with Crippen LogP contribution in [0.4, 0.5) is 0 Å². The molecule has 4 rings (SSSR count). The van der Waals surface area contributed by atoms with Crippen molar-refractivity contribution in [3.8, 4) is 5.75 Å². The Bertz CT molecular complexity index is 738. The summed E-state index contributed by atoms with van der Waals surface area (Å²) in [6.45, 7) is 4.96. The number of hydrogen-bond donors (Lipinski definition) is 2. The first-order valence-electron chi connectivity index (χ1n) is 8.32. The van der Waals surface area contributed by atoms with Crippen LogP contribution >= 0.6 is 0 Å². The number of nitrogens with one attached hydrogen (secondary N) is 1. The summed E-state index contributed by atoms with van der Waals surface area (Å²) in [5.41, 5.74) is 4.78. The molecule has 2 aromatic carbocycles. The largest absolute Gasteiger partial charge is 0.487 e. The summed E-state index contributed by atoms with van der Waals surface area (Å²) in [7, 11) is 0. The molecule has 2 aliphatic rings. The third-order valence-corrected chi connectivity index (χ3v) is 4.89. The number of rotatable bonds is 3. The van der Waals surface area contributed by atoms with Crippen LogP contribution in [-0.4, -0.2) is 16.8 Å². The third-order valence-electron chi connectivity index (χ3n) is 4.89. The molecule has 1 heterocycles. The van der Waals surface area contributed by atoms with E-state index in [4.69, 9.17) is 4.74 Å².